The molecule has 1 aromatic carbocycles. The van der Waals surface area contributed by atoms with Crippen molar-refractivity contribution in [1.29, 1.82) is 0 Å². The van der Waals surface area contributed by atoms with Gasteiger partial charge in [0.1, 0.15) is 0 Å². The number of aromatic nitrogens is 3. The van der Waals surface area contributed by atoms with E-state index in [4.69, 9.17) is 4.74 Å². The maximum Gasteiger partial charge on any atom is 0.257 e. The first kappa shape index (κ1) is 17.8. The predicted octanol–water partition coefficient (Wildman–Crippen LogP) is 2.47. The molecule has 1 N–H and O–H groups in total. The van der Waals surface area contributed by atoms with Crippen LogP contribution in [0.15, 0.2) is 48.4 Å². The van der Waals surface area contributed by atoms with Crippen LogP contribution in [0.5, 0.6) is 0 Å². The van der Waals surface area contributed by atoms with E-state index in [2.05, 4.69) is 20.2 Å². The summed E-state index contributed by atoms with van der Waals surface area (Å²) in [5, 5.41) is 5.52. The first-order valence-corrected chi connectivity index (χ1v) is 9.75. The first-order chi connectivity index (χ1) is 13.3. The molecule has 1 amide bonds. The summed E-state index contributed by atoms with van der Waals surface area (Å²) in [6.07, 6.45) is 5.44. The third-order valence-corrected chi connectivity index (χ3v) is 5.21. The highest BCUT2D eigenvalue weighted by Crippen LogP contribution is 2.18. The molecule has 0 unspecified atom stereocenters. The lowest BCUT2D eigenvalue weighted by Gasteiger charge is -2.25. The van der Waals surface area contributed by atoms with Gasteiger partial charge in [-0.3, -0.25) is 15.0 Å². The second-order valence-corrected chi connectivity index (χ2v) is 7.28. The highest BCUT2D eigenvalue weighted by atomic mass is 32.1. The number of ether oxygens (including phenoxy) is 1. The molecule has 7 nitrogen and oxygen atoms in total. The molecule has 3 heterocycles. The molecule has 1 fully saturated rings. The number of carbonyl (C=O) groups is 1. The molecule has 0 spiro atoms. The van der Waals surface area contributed by atoms with Crippen LogP contribution in [0.25, 0.3) is 0 Å². The number of benzene rings is 1. The number of rotatable bonds is 6. The van der Waals surface area contributed by atoms with Gasteiger partial charge < -0.3 is 9.30 Å². The molecule has 0 bridgehead atoms. The van der Waals surface area contributed by atoms with Gasteiger partial charge in [0.15, 0.2) is 5.13 Å². The van der Waals surface area contributed by atoms with Crippen LogP contribution >= 0.6 is 11.3 Å². The molecule has 2 aromatic heterocycles. The van der Waals surface area contributed by atoms with Crippen LogP contribution in [0.1, 0.15) is 21.6 Å². The number of nitrogens with zero attached hydrogens (tertiary/aromatic N) is 4. The lowest BCUT2D eigenvalue weighted by atomic mass is 10.1. The van der Waals surface area contributed by atoms with Crippen LogP contribution in [-0.4, -0.2) is 51.6 Å². The van der Waals surface area contributed by atoms with Gasteiger partial charge in [-0.2, -0.15) is 0 Å². The minimum Gasteiger partial charge on any atom is -0.379 e. The topological polar surface area (TPSA) is 72.3 Å². The van der Waals surface area contributed by atoms with Crippen molar-refractivity contribution >= 4 is 22.4 Å². The van der Waals surface area contributed by atoms with Crippen molar-refractivity contribution in [2.24, 2.45) is 0 Å². The summed E-state index contributed by atoms with van der Waals surface area (Å²) in [6.45, 7) is 4.91. The van der Waals surface area contributed by atoms with Crippen LogP contribution in [-0.2, 0) is 17.8 Å². The quantitative estimate of drug-likeness (QED) is 0.708. The largest absolute Gasteiger partial charge is 0.379 e. The van der Waals surface area contributed by atoms with Gasteiger partial charge in [-0.05, 0) is 17.7 Å². The van der Waals surface area contributed by atoms with Gasteiger partial charge >= 0.3 is 0 Å². The van der Waals surface area contributed by atoms with Crippen LogP contribution in [0.4, 0.5) is 5.13 Å². The SMILES string of the molecule is O=C(Nc1nc(CN2CCOCC2)cs1)c1ccc(Cn2ccnc2)cc1. The Morgan fingerprint density at radius 1 is 1.19 bits per heavy atom. The van der Waals surface area contributed by atoms with Crippen LogP contribution in [0, 0.1) is 0 Å². The summed E-state index contributed by atoms with van der Waals surface area (Å²) in [6, 6.07) is 7.59. The van der Waals surface area contributed by atoms with Crippen molar-refractivity contribution < 1.29 is 9.53 Å². The number of carbonyl (C=O) groups excluding carboxylic acids is 1. The fraction of sp³-hybridized carbons (Fsp3) is 0.316. The summed E-state index contributed by atoms with van der Waals surface area (Å²) in [5.74, 6) is -0.142. The number of morpholine rings is 1. The van der Waals surface area contributed by atoms with E-state index >= 15 is 0 Å². The first-order valence-electron chi connectivity index (χ1n) is 8.87. The van der Waals surface area contributed by atoms with Crippen molar-refractivity contribution in [2.75, 3.05) is 31.6 Å². The van der Waals surface area contributed by atoms with Gasteiger partial charge in [-0.25, -0.2) is 9.97 Å². The van der Waals surface area contributed by atoms with Crippen LogP contribution in [0.3, 0.4) is 0 Å². The van der Waals surface area contributed by atoms with E-state index in [1.807, 2.05) is 40.4 Å². The lowest BCUT2D eigenvalue weighted by Crippen LogP contribution is -2.35. The van der Waals surface area contributed by atoms with E-state index in [1.165, 1.54) is 11.3 Å². The average Bonchev–Trinajstić information content (AvgIpc) is 3.35. The zero-order valence-electron chi connectivity index (χ0n) is 14.9. The van der Waals surface area contributed by atoms with Crippen LogP contribution < -0.4 is 5.32 Å². The highest BCUT2D eigenvalue weighted by molar-refractivity contribution is 7.13. The lowest BCUT2D eigenvalue weighted by molar-refractivity contribution is 0.0337. The number of nitrogens with one attached hydrogen (secondary N) is 1. The zero-order chi connectivity index (χ0) is 18.5. The molecule has 0 aliphatic carbocycles. The molecule has 1 aliphatic rings. The Labute approximate surface area is 161 Å². The Morgan fingerprint density at radius 3 is 2.74 bits per heavy atom. The Morgan fingerprint density at radius 2 is 2.00 bits per heavy atom. The number of hydrogen-bond acceptors (Lipinski definition) is 6. The fourth-order valence-electron chi connectivity index (χ4n) is 2.95. The van der Waals surface area contributed by atoms with Crippen molar-refractivity contribution in [1.82, 2.24) is 19.4 Å². The van der Waals surface area contributed by atoms with E-state index in [0.717, 1.165) is 50.7 Å². The molecular weight excluding hydrogens is 362 g/mol. The molecule has 8 heteroatoms. The monoisotopic (exact) mass is 383 g/mol. The van der Waals surface area contributed by atoms with Crippen molar-refractivity contribution in [3.05, 3.63) is 65.2 Å². The summed E-state index contributed by atoms with van der Waals surface area (Å²) in [4.78, 5) is 23.3. The van der Waals surface area contributed by atoms with Gasteiger partial charge in [0.25, 0.3) is 5.91 Å². The van der Waals surface area contributed by atoms with Gasteiger partial charge in [0, 0.05) is 49.5 Å². The standard InChI is InChI=1S/C19H21N5O2S/c25-18(16-3-1-15(2-4-16)11-24-6-5-20-14-24)22-19-21-17(13-27-19)12-23-7-9-26-10-8-23/h1-6,13-14H,7-12H2,(H,21,22,25). The molecule has 1 saturated heterocycles. The number of amides is 1. The maximum absolute atomic E-state index is 12.5. The van der Waals surface area contributed by atoms with Crippen molar-refractivity contribution in [3.63, 3.8) is 0 Å². The van der Waals surface area contributed by atoms with Gasteiger partial charge in [0.05, 0.1) is 25.2 Å². The Kier molecular flexibility index (Phi) is 5.57. The number of anilines is 1. The van der Waals surface area contributed by atoms with E-state index in [-0.39, 0.29) is 5.91 Å². The van der Waals surface area contributed by atoms with Crippen LogP contribution in [0.2, 0.25) is 0 Å². The van der Waals surface area contributed by atoms with E-state index in [0.29, 0.717) is 10.7 Å². The molecule has 4 rings (SSSR count). The molecule has 0 saturated carbocycles. The Bertz CT molecular complexity index is 870. The van der Waals surface area contributed by atoms with E-state index < -0.39 is 0 Å². The highest BCUT2D eigenvalue weighted by Gasteiger charge is 2.14. The molecule has 3 aromatic rings. The predicted molar refractivity (Wildman–Crippen MR) is 104 cm³/mol. The third-order valence-electron chi connectivity index (χ3n) is 4.40. The summed E-state index contributed by atoms with van der Waals surface area (Å²) in [5.41, 5.74) is 2.72. The summed E-state index contributed by atoms with van der Waals surface area (Å²) >= 11 is 1.46. The average molecular weight is 383 g/mol. The molecule has 140 valence electrons. The molecule has 0 radical (unpaired) electrons. The number of thiazole rings is 1. The van der Waals surface area contributed by atoms with Gasteiger partial charge in [-0.1, -0.05) is 12.1 Å². The summed E-state index contributed by atoms with van der Waals surface area (Å²) < 4.78 is 7.35. The molecule has 1 aliphatic heterocycles. The Hall–Kier alpha value is -2.55. The minimum absolute atomic E-state index is 0.142. The van der Waals surface area contributed by atoms with Gasteiger partial charge in [0.2, 0.25) is 0 Å². The smallest absolute Gasteiger partial charge is 0.257 e. The van der Waals surface area contributed by atoms with Crippen molar-refractivity contribution in [3.8, 4) is 0 Å². The third kappa shape index (κ3) is 4.79. The molecular formula is C19H21N5O2S. The number of imidazole rings is 1. The molecule has 27 heavy (non-hydrogen) atoms. The second-order valence-electron chi connectivity index (χ2n) is 6.42. The van der Waals surface area contributed by atoms with Gasteiger partial charge in [-0.15, -0.1) is 11.3 Å². The second kappa shape index (κ2) is 8.43. The fourth-order valence-corrected chi connectivity index (χ4v) is 3.64. The minimum atomic E-state index is -0.142. The normalized spacial score (nSPS) is 15.0. The van der Waals surface area contributed by atoms with E-state index in [9.17, 15) is 4.79 Å². The number of hydrogen-bond donors (Lipinski definition) is 1. The molecule has 0 atom stereocenters. The van der Waals surface area contributed by atoms with Crippen molar-refractivity contribution in [2.45, 2.75) is 13.1 Å². The zero-order valence-corrected chi connectivity index (χ0v) is 15.7. The maximum atomic E-state index is 12.5. The van der Waals surface area contributed by atoms with E-state index in [1.54, 1.807) is 12.5 Å². The summed E-state index contributed by atoms with van der Waals surface area (Å²) in [7, 11) is 0. The Balaban J connectivity index is 1.33.